The summed E-state index contributed by atoms with van der Waals surface area (Å²) in [6.45, 7) is 0.400. The van der Waals surface area contributed by atoms with Crippen LogP contribution in [0.15, 0.2) is 22.8 Å². The number of carbonyl (C=O) groups excluding carboxylic acids is 1. The number of nitrogens with zero attached hydrogens (tertiary/aromatic N) is 1. The fourth-order valence-corrected chi connectivity index (χ4v) is 2.09. The van der Waals surface area contributed by atoms with E-state index in [2.05, 4.69) is 0 Å². The van der Waals surface area contributed by atoms with Crippen molar-refractivity contribution in [3.8, 4) is 0 Å². The van der Waals surface area contributed by atoms with Crippen LogP contribution in [-0.4, -0.2) is 46.5 Å². The predicted octanol–water partition coefficient (Wildman–Crippen LogP) is 0.383. The Hall–Kier alpha value is -1.47. The second-order valence-electron chi connectivity index (χ2n) is 3.79. The van der Waals surface area contributed by atoms with Crippen LogP contribution in [0.4, 0.5) is 0 Å². The summed E-state index contributed by atoms with van der Waals surface area (Å²) >= 11 is 1.21. The van der Waals surface area contributed by atoms with Gasteiger partial charge in [-0.2, -0.15) is 0 Å². The lowest BCUT2D eigenvalue weighted by Crippen LogP contribution is -2.34. The van der Waals surface area contributed by atoms with Gasteiger partial charge in [-0.3, -0.25) is 9.59 Å². The summed E-state index contributed by atoms with van der Waals surface area (Å²) in [5, 5.41) is 8.58. The standard InChI is InChI=1S/C11H16N2O4S/c1-13(5-8-3-2-4-17-8)10(14)7-18-6-9(12)11(15)16/h2-4,9H,5-7,12H2,1H3,(H,15,16)/t9-/m0/s1. The van der Waals surface area contributed by atoms with Crippen molar-refractivity contribution in [2.75, 3.05) is 18.6 Å². The van der Waals surface area contributed by atoms with Crippen LogP contribution in [0.1, 0.15) is 5.76 Å². The van der Waals surface area contributed by atoms with Crippen molar-refractivity contribution in [3.63, 3.8) is 0 Å². The zero-order valence-electron chi connectivity index (χ0n) is 10.0. The molecule has 0 radical (unpaired) electrons. The Labute approximate surface area is 109 Å². The Balaban J connectivity index is 2.26. The molecule has 1 aromatic heterocycles. The van der Waals surface area contributed by atoms with E-state index in [4.69, 9.17) is 15.3 Å². The molecule has 3 N–H and O–H groups in total. The minimum atomic E-state index is -1.06. The van der Waals surface area contributed by atoms with Crippen molar-refractivity contribution in [1.82, 2.24) is 4.90 Å². The molecule has 0 aliphatic rings. The molecule has 1 amide bonds. The molecule has 0 aliphatic heterocycles. The second-order valence-corrected chi connectivity index (χ2v) is 4.82. The van der Waals surface area contributed by atoms with E-state index < -0.39 is 12.0 Å². The van der Waals surface area contributed by atoms with E-state index in [1.807, 2.05) is 0 Å². The fourth-order valence-electron chi connectivity index (χ4n) is 1.18. The van der Waals surface area contributed by atoms with Crippen LogP contribution in [0, 0.1) is 0 Å². The predicted molar refractivity (Wildman–Crippen MR) is 68.1 cm³/mol. The first-order chi connectivity index (χ1) is 8.50. The highest BCUT2D eigenvalue weighted by molar-refractivity contribution is 8.00. The average Bonchev–Trinajstić information content (AvgIpc) is 2.81. The zero-order valence-corrected chi connectivity index (χ0v) is 10.9. The van der Waals surface area contributed by atoms with E-state index >= 15 is 0 Å². The van der Waals surface area contributed by atoms with E-state index in [9.17, 15) is 9.59 Å². The van der Waals surface area contributed by atoms with Gasteiger partial charge in [0.2, 0.25) is 5.91 Å². The van der Waals surface area contributed by atoms with Crippen molar-refractivity contribution in [2.45, 2.75) is 12.6 Å². The maximum absolute atomic E-state index is 11.7. The quantitative estimate of drug-likeness (QED) is 0.745. The summed E-state index contributed by atoms with van der Waals surface area (Å²) < 4.78 is 5.13. The lowest BCUT2D eigenvalue weighted by molar-refractivity contribution is -0.138. The molecule has 0 aliphatic carbocycles. The van der Waals surface area contributed by atoms with Gasteiger partial charge in [0.1, 0.15) is 11.8 Å². The summed E-state index contributed by atoms with van der Waals surface area (Å²) in [6, 6.07) is 2.61. The third-order valence-corrected chi connectivity index (χ3v) is 3.28. The smallest absolute Gasteiger partial charge is 0.321 e. The maximum atomic E-state index is 11.7. The monoisotopic (exact) mass is 272 g/mol. The van der Waals surface area contributed by atoms with Crippen LogP contribution in [0.5, 0.6) is 0 Å². The summed E-state index contributed by atoms with van der Waals surface area (Å²) in [6.07, 6.45) is 1.55. The number of thioether (sulfide) groups is 1. The average molecular weight is 272 g/mol. The number of carboxylic acid groups (broad SMARTS) is 1. The van der Waals surface area contributed by atoms with Gasteiger partial charge in [-0.1, -0.05) is 0 Å². The van der Waals surface area contributed by atoms with E-state index in [0.717, 1.165) is 0 Å². The third-order valence-electron chi connectivity index (χ3n) is 2.24. The molecular weight excluding hydrogens is 256 g/mol. The molecule has 1 rings (SSSR count). The summed E-state index contributed by atoms with van der Waals surface area (Å²) in [5.74, 6) is -0.0145. The minimum Gasteiger partial charge on any atom is -0.480 e. The van der Waals surface area contributed by atoms with Crippen molar-refractivity contribution in [3.05, 3.63) is 24.2 Å². The highest BCUT2D eigenvalue weighted by atomic mass is 32.2. The molecule has 0 unspecified atom stereocenters. The van der Waals surface area contributed by atoms with Gasteiger partial charge in [0, 0.05) is 12.8 Å². The van der Waals surface area contributed by atoms with Crippen LogP contribution < -0.4 is 5.73 Å². The highest BCUT2D eigenvalue weighted by Crippen LogP contribution is 2.07. The van der Waals surface area contributed by atoms with Gasteiger partial charge in [0.15, 0.2) is 0 Å². The van der Waals surface area contributed by atoms with Crippen molar-refractivity contribution in [2.24, 2.45) is 5.73 Å². The molecule has 0 bridgehead atoms. The Morgan fingerprint density at radius 1 is 1.61 bits per heavy atom. The lowest BCUT2D eigenvalue weighted by atomic mass is 10.4. The molecule has 0 fully saturated rings. The number of hydrogen-bond acceptors (Lipinski definition) is 5. The SMILES string of the molecule is CN(Cc1ccco1)C(=O)CSC[C@H](N)C(=O)O. The maximum Gasteiger partial charge on any atom is 0.321 e. The number of hydrogen-bond donors (Lipinski definition) is 2. The Kier molecular flexibility index (Phi) is 5.73. The summed E-state index contributed by atoms with van der Waals surface area (Å²) in [4.78, 5) is 23.7. The second kappa shape index (κ2) is 7.07. The molecule has 1 heterocycles. The largest absolute Gasteiger partial charge is 0.480 e. The van der Waals surface area contributed by atoms with E-state index in [1.54, 1.807) is 25.4 Å². The normalized spacial score (nSPS) is 12.1. The van der Waals surface area contributed by atoms with Gasteiger partial charge in [-0.15, -0.1) is 11.8 Å². The van der Waals surface area contributed by atoms with E-state index in [1.165, 1.54) is 16.7 Å². The number of carboxylic acids is 1. The minimum absolute atomic E-state index is 0.0889. The first kappa shape index (κ1) is 14.6. The van der Waals surface area contributed by atoms with Crippen LogP contribution in [0.2, 0.25) is 0 Å². The Bertz CT molecular complexity index is 394. The topological polar surface area (TPSA) is 96.8 Å². The van der Waals surface area contributed by atoms with Gasteiger partial charge in [0.25, 0.3) is 0 Å². The first-order valence-corrected chi connectivity index (χ1v) is 6.48. The van der Waals surface area contributed by atoms with E-state index in [-0.39, 0.29) is 17.4 Å². The van der Waals surface area contributed by atoms with Gasteiger partial charge in [-0.25, -0.2) is 0 Å². The molecule has 18 heavy (non-hydrogen) atoms. The molecule has 100 valence electrons. The summed E-state index contributed by atoms with van der Waals surface area (Å²) in [5.41, 5.74) is 5.33. The van der Waals surface area contributed by atoms with Crippen LogP contribution >= 0.6 is 11.8 Å². The molecule has 0 aromatic carbocycles. The molecule has 0 saturated heterocycles. The fraction of sp³-hybridized carbons (Fsp3) is 0.455. The number of rotatable bonds is 7. The molecule has 0 saturated carbocycles. The number of amides is 1. The molecule has 6 nitrogen and oxygen atoms in total. The first-order valence-electron chi connectivity index (χ1n) is 5.33. The van der Waals surface area contributed by atoms with Gasteiger partial charge in [0.05, 0.1) is 18.6 Å². The van der Waals surface area contributed by atoms with Gasteiger partial charge >= 0.3 is 5.97 Å². The number of nitrogens with two attached hydrogens (primary N) is 1. The highest BCUT2D eigenvalue weighted by Gasteiger charge is 2.14. The molecule has 7 heteroatoms. The zero-order chi connectivity index (χ0) is 13.5. The van der Waals surface area contributed by atoms with Crippen LogP contribution in [-0.2, 0) is 16.1 Å². The molecular formula is C11H16N2O4S. The molecule has 1 atom stereocenters. The molecule has 1 aromatic rings. The van der Waals surface area contributed by atoms with Gasteiger partial charge < -0.3 is 20.2 Å². The van der Waals surface area contributed by atoms with Crippen LogP contribution in [0.25, 0.3) is 0 Å². The Morgan fingerprint density at radius 2 is 2.33 bits per heavy atom. The Morgan fingerprint density at radius 3 is 2.89 bits per heavy atom. The molecule has 0 spiro atoms. The number of aliphatic carboxylic acids is 1. The summed E-state index contributed by atoms with van der Waals surface area (Å²) in [7, 11) is 1.67. The lowest BCUT2D eigenvalue weighted by Gasteiger charge is -2.15. The number of carbonyl (C=O) groups is 2. The third kappa shape index (κ3) is 4.80. The van der Waals surface area contributed by atoms with Crippen LogP contribution in [0.3, 0.4) is 0 Å². The van der Waals surface area contributed by atoms with Gasteiger partial charge in [-0.05, 0) is 12.1 Å². The van der Waals surface area contributed by atoms with E-state index in [0.29, 0.717) is 12.3 Å². The van der Waals surface area contributed by atoms with Crippen molar-refractivity contribution in [1.29, 1.82) is 0 Å². The van der Waals surface area contributed by atoms with Crippen molar-refractivity contribution < 1.29 is 19.1 Å². The van der Waals surface area contributed by atoms with Crippen molar-refractivity contribution >= 4 is 23.6 Å². The number of furan rings is 1.